The van der Waals surface area contributed by atoms with Gasteiger partial charge in [-0.3, -0.25) is 4.55 Å². The molecule has 0 fully saturated rings. The van der Waals surface area contributed by atoms with Crippen molar-refractivity contribution in [3.05, 3.63) is 0 Å². The first-order valence-corrected chi connectivity index (χ1v) is 9.06. The van der Waals surface area contributed by atoms with Gasteiger partial charge in [0.1, 0.15) is 4.75 Å². The van der Waals surface area contributed by atoms with Crippen molar-refractivity contribution in [2.75, 3.05) is 0 Å². The van der Waals surface area contributed by atoms with Crippen LogP contribution in [0, 0.1) is 17.3 Å². The summed E-state index contributed by atoms with van der Waals surface area (Å²) in [4.78, 5) is 23.4. The smallest absolute Gasteiger partial charge is 0.549 e. The third-order valence-electron chi connectivity index (χ3n) is 4.51. The van der Waals surface area contributed by atoms with Crippen LogP contribution in [0.5, 0.6) is 0 Å². The quantitative estimate of drug-likeness (QED) is 0.287. The van der Waals surface area contributed by atoms with Gasteiger partial charge < -0.3 is 19.8 Å². The summed E-state index contributed by atoms with van der Waals surface area (Å²) >= 11 is 0. The average molecular weight is 396 g/mol. The van der Waals surface area contributed by atoms with Crippen molar-refractivity contribution in [2.45, 2.75) is 65.0 Å². The molecule has 0 amide bonds. The zero-order chi connectivity index (χ0) is 18.6. The van der Waals surface area contributed by atoms with E-state index in [-0.39, 0.29) is 96.6 Å². The van der Waals surface area contributed by atoms with Gasteiger partial charge >= 0.3 is 59.1 Å². The molecule has 0 aromatic carbocycles. The molecule has 7 nitrogen and oxygen atoms in total. The van der Waals surface area contributed by atoms with Crippen LogP contribution in [-0.2, 0) is 19.7 Å². The molecular weight excluding hydrogens is 370 g/mol. The summed E-state index contributed by atoms with van der Waals surface area (Å²) in [6, 6.07) is 0. The predicted octanol–water partition coefficient (Wildman–Crippen LogP) is -6.00. The van der Waals surface area contributed by atoms with Gasteiger partial charge in [0.15, 0.2) is 0 Å². The molecule has 136 valence electrons. The molecule has 1 N–H and O–H groups in total. The van der Waals surface area contributed by atoms with Crippen molar-refractivity contribution in [3.8, 4) is 0 Å². The SMILES string of the molecule is CC(C)CCC(CCC(C)C)(C(=O)[O-])C(C)(C(=O)[O-])S(=O)(=O)O.[Na+].[Na+]. The average Bonchev–Trinajstić information content (AvgIpc) is 2.35. The van der Waals surface area contributed by atoms with Gasteiger partial charge in [-0.15, -0.1) is 0 Å². The van der Waals surface area contributed by atoms with Crippen molar-refractivity contribution < 1.29 is 91.9 Å². The minimum Gasteiger partial charge on any atom is -0.549 e. The van der Waals surface area contributed by atoms with Crippen molar-refractivity contribution in [2.24, 2.45) is 17.3 Å². The van der Waals surface area contributed by atoms with E-state index in [2.05, 4.69) is 0 Å². The van der Waals surface area contributed by atoms with Gasteiger partial charge in [0.2, 0.25) is 0 Å². The Balaban J connectivity index is -0.00000242. The van der Waals surface area contributed by atoms with Crippen LogP contribution in [0.15, 0.2) is 0 Å². The molecule has 0 heterocycles. The third-order valence-corrected chi connectivity index (χ3v) is 6.10. The van der Waals surface area contributed by atoms with Gasteiger partial charge in [0.25, 0.3) is 10.1 Å². The predicted molar refractivity (Wildman–Crippen MR) is 80.5 cm³/mol. The molecular formula is C15H26Na2O7S. The van der Waals surface area contributed by atoms with Crippen LogP contribution in [0.3, 0.4) is 0 Å². The van der Waals surface area contributed by atoms with Gasteiger partial charge in [-0.1, -0.05) is 40.5 Å². The van der Waals surface area contributed by atoms with Gasteiger partial charge in [-0.05, 0) is 31.6 Å². The molecule has 10 heteroatoms. The van der Waals surface area contributed by atoms with E-state index in [4.69, 9.17) is 0 Å². The van der Waals surface area contributed by atoms with E-state index in [1.807, 2.05) is 0 Å². The number of carbonyl (C=O) groups is 2. The maximum Gasteiger partial charge on any atom is 1.00 e. The van der Waals surface area contributed by atoms with Crippen molar-refractivity contribution in [3.63, 3.8) is 0 Å². The molecule has 0 aromatic heterocycles. The molecule has 0 aromatic rings. The Kier molecular flexibility index (Phi) is 14.2. The van der Waals surface area contributed by atoms with Crippen LogP contribution in [0.4, 0.5) is 0 Å². The van der Waals surface area contributed by atoms with Crippen LogP contribution >= 0.6 is 0 Å². The summed E-state index contributed by atoms with van der Waals surface area (Å²) in [5.74, 6) is -3.92. The van der Waals surface area contributed by atoms with E-state index < -0.39 is 32.2 Å². The Morgan fingerprint density at radius 1 is 0.920 bits per heavy atom. The van der Waals surface area contributed by atoms with Crippen LogP contribution in [0.2, 0.25) is 0 Å². The van der Waals surface area contributed by atoms with Gasteiger partial charge in [0, 0.05) is 11.4 Å². The van der Waals surface area contributed by atoms with Crippen molar-refractivity contribution >= 4 is 22.1 Å². The molecule has 0 aliphatic rings. The summed E-state index contributed by atoms with van der Waals surface area (Å²) < 4.78 is 30.1. The van der Waals surface area contributed by atoms with Crippen LogP contribution in [0.1, 0.15) is 60.3 Å². The maximum absolute atomic E-state index is 11.9. The normalized spacial score (nSPS) is 14.4. The Bertz CT molecular complexity index is 534. The van der Waals surface area contributed by atoms with Crippen molar-refractivity contribution in [1.82, 2.24) is 0 Å². The largest absolute Gasteiger partial charge is 1.00 e. The number of carboxylic acid groups (broad SMARTS) is 2. The minimum absolute atomic E-state index is 0. The summed E-state index contributed by atoms with van der Waals surface area (Å²) in [5.41, 5.74) is -2.27. The molecule has 1 atom stereocenters. The summed E-state index contributed by atoms with van der Waals surface area (Å²) in [6.45, 7) is 7.88. The van der Waals surface area contributed by atoms with E-state index in [9.17, 15) is 32.8 Å². The molecule has 0 aliphatic carbocycles. The summed E-state index contributed by atoms with van der Waals surface area (Å²) in [7, 11) is -5.25. The molecule has 0 spiro atoms. The monoisotopic (exact) mass is 396 g/mol. The Morgan fingerprint density at radius 3 is 1.40 bits per heavy atom. The summed E-state index contributed by atoms with van der Waals surface area (Å²) in [5, 5.41) is 23.4. The van der Waals surface area contributed by atoms with Crippen LogP contribution < -0.4 is 69.3 Å². The fourth-order valence-corrected chi connectivity index (χ4v) is 3.61. The molecule has 0 saturated carbocycles. The number of carbonyl (C=O) groups excluding carboxylic acids is 2. The molecule has 0 rings (SSSR count). The fraction of sp³-hybridized carbons (Fsp3) is 0.867. The molecule has 25 heavy (non-hydrogen) atoms. The fourth-order valence-electron chi connectivity index (χ4n) is 2.62. The number of hydrogen-bond acceptors (Lipinski definition) is 6. The zero-order valence-corrected chi connectivity index (χ0v) is 21.1. The number of hydrogen-bond donors (Lipinski definition) is 1. The molecule has 0 radical (unpaired) electrons. The molecule has 0 bridgehead atoms. The second-order valence-corrected chi connectivity index (χ2v) is 8.80. The summed E-state index contributed by atoms with van der Waals surface area (Å²) in [6.07, 6.45) is 0.0446. The topological polar surface area (TPSA) is 135 Å². The van der Waals surface area contributed by atoms with E-state index in [1.165, 1.54) is 0 Å². The first-order valence-electron chi connectivity index (χ1n) is 7.62. The van der Waals surface area contributed by atoms with Crippen molar-refractivity contribution in [1.29, 1.82) is 0 Å². The van der Waals surface area contributed by atoms with Gasteiger partial charge in [-0.2, -0.15) is 8.42 Å². The number of carboxylic acids is 2. The zero-order valence-electron chi connectivity index (χ0n) is 16.3. The van der Waals surface area contributed by atoms with Crippen LogP contribution in [-0.4, -0.2) is 29.7 Å². The first-order chi connectivity index (χ1) is 10.2. The van der Waals surface area contributed by atoms with Gasteiger partial charge in [0.05, 0.1) is 5.97 Å². The maximum atomic E-state index is 11.9. The van der Waals surface area contributed by atoms with Gasteiger partial charge in [-0.25, -0.2) is 0 Å². The number of aliphatic carboxylic acids is 2. The third kappa shape index (κ3) is 7.07. The van der Waals surface area contributed by atoms with E-state index >= 15 is 0 Å². The standard InChI is InChI=1S/C15H28O7S.2Na/c1-10(2)6-8-15(13(18)19,9-7-11(3)4)14(5,12(16)17)23(20,21)22;;/h10-11H,6-9H2,1-5H3,(H,16,17)(H,18,19)(H,20,21,22);;/q;2*+1/p-2. The van der Waals surface area contributed by atoms with E-state index in [0.29, 0.717) is 6.92 Å². The molecule has 0 saturated heterocycles. The van der Waals surface area contributed by atoms with Crippen LogP contribution in [0.25, 0.3) is 0 Å². The Labute approximate surface area is 194 Å². The molecule has 1 unspecified atom stereocenters. The number of rotatable bonds is 10. The first kappa shape index (κ1) is 30.6. The Morgan fingerprint density at radius 2 is 1.24 bits per heavy atom. The minimum atomic E-state index is -5.25. The van der Waals surface area contributed by atoms with E-state index in [0.717, 1.165) is 0 Å². The second kappa shape index (κ2) is 11.6. The van der Waals surface area contributed by atoms with E-state index in [1.54, 1.807) is 27.7 Å². The Hall–Kier alpha value is 0.850. The second-order valence-electron chi connectivity index (χ2n) is 7.03. The molecule has 0 aliphatic heterocycles.